The summed E-state index contributed by atoms with van der Waals surface area (Å²) in [5.74, 6) is 1.06. The smallest absolute Gasteiger partial charge is 0.257 e. The van der Waals surface area contributed by atoms with Crippen molar-refractivity contribution in [2.45, 2.75) is 30.6 Å². The Kier molecular flexibility index (Phi) is 5.29. The number of nitrogens with zero attached hydrogens (tertiary/aromatic N) is 3. The normalized spacial score (nSPS) is 16.0. The number of carbonyl (C=O) groups is 1. The van der Waals surface area contributed by atoms with Crippen molar-refractivity contribution in [2.24, 2.45) is 0 Å². The van der Waals surface area contributed by atoms with Crippen LogP contribution in [0, 0.1) is 0 Å². The number of ketones is 1. The molecular formula is C21H21N3O4S. The second-order valence-electron chi connectivity index (χ2n) is 7.08. The van der Waals surface area contributed by atoms with E-state index >= 15 is 0 Å². The van der Waals surface area contributed by atoms with E-state index < -0.39 is 10.0 Å². The first kappa shape index (κ1) is 19.5. The summed E-state index contributed by atoms with van der Waals surface area (Å²) >= 11 is 0. The van der Waals surface area contributed by atoms with Gasteiger partial charge in [-0.2, -0.15) is 9.29 Å². The third-order valence-electron chi connectivity index (χ3n) is 5.18. The molecule has 0 atom stereocenters. The highest BCUT2D eigenvalue weighted by Gasteiger charge is 2.32. The van der Waals surface area contributed by atoms with Gasteiger partial charge in [0.05, 0.1) is 4.90 Å². The van der Waals surface area contributed by atoms with E-state index in [4.69, 9.17) is 4.52 Å². The highest BCUT2D eigenvalue weighted by atomic mass is 32.2. The highest BCUT2D eigenvalue weighted by Crippen LogP contribution is 2.30. The Morgan fingerprint density at radius 2 is 1.69 bits per heavy atom. The Morgan fingerprint density at radius 3 is 2.31 bits per heavy atom. The number of carbonyl (C=O) groups excluding carboxylic acids is 1. The van der Waals surface area contributed by atoms with Crippen LogP contribution in [0.5, 0.6) is 0 Å². The fourth-order valence-corrected chi connectivity index (χ4v) is 4.93. The average molecular weight is 411 g/mol. The molecule has 0 bridgehead atoms. The van der Waals surface area contributed by atoms with Crippen LogP contribution in [0.4, 0.5) is 0 Å². The lowest BCUT2D eigenvalue weighted by atomic mass is 9.97. The molecule has 1 aliphatic rings. The molecule has 3 aromatic rings. The second-order valence-corrected chi connectivity index (χ2v) is 9.02. The summed E-state index contributed by atoms with van der Waals surface area (Å²) in [6, 6.07) is 15.6. The fourth-order valence-electron chi connectivity index (χ4n) is 3.46. The summed E-state index contributed by atoms with van der Waals surface area (Å²) in [6.07, 6.45) is 1.25. The van der Waals surface area contributed by atoms with Crippen molar-refractivity contribution in [3.63, 3.8) is 0 Å². The Bertz CT molecular complexity index is 1100. The maximum atomic E-state index is 12.9. The van der Waals surface area contributed by atoms with E-state index in [1.54, 1.807) is 12.1 Å². The van der Waals surface area contributed by atoms with Gasteiger partial charge in [0.15, 0.2) is 11.6 Å². The van der Waals surface area contributed by atoms with Crippen molar-refractivity contribution in [3.8, 4) is 11.5 Å². The van der Waals surface area contributed by atoms with E-state index in [0.29, 0.717) is 43.2 Å². The SMILES string of the molecule is CC(=O)c1ccc(S(=O)(=O)N2CCC(c3noc(-c4ccccc4)n3)CC2)cc1. The first-order valence-electron chi connectivity index (χ1n) is 9.45. The third kappa shape index (κ3) is 3.99. The molecule has 0 spiro atoms. The van der Waals surface area contributed by atoms with Gasteiger partial charge in [-0.15, -0.1) is 0 Å². The molecule has 1 aliphatic heterocycles. The van der Waals surface area contributed by atoms with Crippen LogP contribution in [0.3, 0.4) is 0 Å². The van der Waals surface area contributed by atoms with Crippen molar-refractivity contribution < 1.29 is 17.7 Å². The van der Waals surface area contributed by atoms with Gasteiger partial charge < -0.3 is 4.52 Å². The van der Waals surface area contributed by atoms with Crippen LogP contribution in [-0.2, 0) is 10.0 Å². The second kappa shape index (κ2) is 7.88. The van der Waals surface area contributed by atoms with Crippen molar-refractivity contribution in [1.82, 2.24) is 14.4 Å². The summed E-state index contributed by atoms with van der Waals surface area (Å²) in [7, 11) is -3.59. The minimum Gasteiger partial charge on any atom is -0.334 e. The molecule has 1 saturated heterocycles. The topological polar surface area (TPSA) is 93.4 Å². The van der Waals surface area contributed by atoms with Gasteiger partial charge in [-0.3, -0.25) is 4.79 Å². The molecule has 1 aromatic heterocycles. The summed E-state index contributed by atoms with van der Waals surface area (Å²) in [5, 5.41) is 4.10. The first-order chi connectivity index (χ1) is 13.9. The van der Waals surface area contributed by atoms with Crippen molar-refractivity contribution in [2.75, 3.05) is 13.1 Å². The highest BCUT2D eigenvalue weighted by molar-refractivity contribution is 7.89. The summed E-state index contributed by atoms with van der Waals surface area (Å²) < 4.78 is 32.6. The van der Waals surface area contributed by atoms with Crippen molar-refractivity contribution in [1.29, 1.82) is 0 Å². The van der Waals surface area contributed by atoms with Crippen LogP contribution < -0.4 is 0 Å². The average Bonchev–Trinajstić information content (AvgIpc) is 3.25. The molecule has 4 rings (SSSR count). The van der Waals surface area contributed by atoms with Gasteiger partial charge in [-0.05, 0) is 44.0 Å². The summed E-state index contributed by atoms with van der Waals surface area (Å²) in [4.78, 5) is 16.1. The van der Waals surface area contributed by atoms with Gasteiger partial charge in [0.2, 0.25) is 10.0 Å². The van der Waals surface area contributed by atoms with E-state index in [9.17, 15) is 13.2 Å². The molecule has 2 aromatic carbocycles. The molecule has 1 fully saturated rings. The molecule has 2 heterocycles. The van der Waals surface area contributed by atoms with Crippen LogP contribution in [0.25, 0.3) is 11.5 Å². The first-order valence-corrected chi connectivity index (χ1v) is 10.9. The number of hydrogen-bond acceptors (Lipinski definition) is 6. The maximum Gasteiger partial charge on any atom is 0.257 e. The van der Waals surface area contributed by atoms with Crippen LogP contribution in [-0.4, -0.2) is 41.7 Å². The largest absolute Gasteiger partial charge is 0.334 e. The Morgan fingerprint density at radius 1 is 1.03 bits per heavy atom. The molecule has 150 valence electrons. The van der Waals surface area contributed by atoms with E-state index in [1.807, 2.05) is 30.3 Å². The van der Waals surface area contributed by atoms with E-state index in [0.717, 1.165) is 5.56 Å². The lowest BCUT2D eigenvalue weighted by molar-refractivity contribution is 0.101. The molecule has 0 unspecified atom stereocenters. The predicted octanol–water partition coefficient (Wildman–Crippen LogP) is 3.51. The monoisotopic (exact) mass is 411 g/mol. The van der Waals surface area contributed by atoms with Gasteiger partial charge in [0.25, 0.3) is 5.89 Å². The Hall–Kier alpha value is -2.84. The fraction of sp³-hybridized carbons (Fsp3) is 0.286. The number of sulfonamides is 1. The van der Waals surface area contributed by atoms with Crippen LogP contribution in [0.1, 0.15) is 41.9 Å². The number of rotatable bonds is 5. The lowest BCUT2D eigenvalue weighted by Crippen LogP contribution is -2.38. The molecule has 0 amide bonds. The Labute approximate surface area is 169 Å². The molecule has 0 radical (unpaired) electrons. The molecule has 0 aliphatic carbocycles. The third-order valence-corrected chi connectivity index (χ3v) is 7.09. The van der Waals surface area contributed by atoms with Gasteiger partial charge >= 0.3 is 0 Å². The summed E-state index contributed by atoms with van der Waals surface area (Å²) in [5.41, 5.74) is 1.36. The van der Waals surface area contributed by atoms with Gasteiger partial charge in [0, 0.05) is 30.1 Å². The van der Waals surface area contributed by atoms with E-state index in [-0.39, 0.29) is 16.6 Å². The molecule has 7 nitrogen and oxygen atoms in total. The van der Waals surface area contributed by atoms with Crippen LogP contribution >= 0.6 is 0 Å². The number of hydrogen-bond donors (Lipinski definition) is 0. The molecule has 29 heavy (non-hydrogen) atoms. The van der Waals surface area contributed by atoms with E-state index in [2.05, 4.69) is 10.1 Å². The number of piperidine rings is 1. The molecule has 0 N–H and O–H groups in total. The molecular weight excluding hydrogens is 390 g/mol. The van der Waals surface area contributed by atoms with Gasteiger partial charge in [-0.1, -0.05) is 35.5 Å². The zero-order chi connectivity index (χ0) is 20.4. The number of aromatic nitrogens is 2. The van der Waals surface area contributed by atoms with Gasteiger partial charge in [0.1, 0.15) is 0 Å². The van der Waals surface area contributed by atoms with E-state index in [1.165, 1.54) is 23.4 Å². The number of Topliss-reactive ketones (excluding diaryl/α,β-unsaturated/α-hetero) is 1. The maximum absolute atomic E-state index is 12.9. The standard InChI is InChI=1S/C21H21N3O4S/c1-15(25)16-7-9-19(10-8-16)29(26,27)24-13-11-17(12-14-24)20-22-21(28-23-20)18-5-3-2-4-6-18/h2-10,17H,11-14H2,1H3. The number of benzene rings is 2. The quantitative estimate of drug-likeness (QED) is 0.597. The van der Waals surface area contributed by atoms with Crippen molar-refractivity contribution in [3.05, 3.63) is 66.0 Å². The van der Waals surface area contributed by atoms with Crippen LogP contribution in [0.2, 0.25) is 0 Å². The zero-order valence-corrected chi connectivity index (χ0v) is 16.8. The molecule has 0 saturated carbocycles. The zero-order valence-electron chi connectivity index (χ0n) is 16.0. The minimum atomic E-state index is -3.59. The predicted molar refractivity (Wildman–Crippen MR) is 107 cm³/mol. The Balaban J connectivity index is 1.44. The van der Waals surface area contributed by atoms with Crippen molar-refractivity contribution >= 4 is 15.8 Å². The molecule has 8 heteroatoms. The summed E-state index contributed by atoms with van der Waals surface area (Å²) in [6.45, 7) is 2.22. The van der Waals surface area contributed by atoms with Crippen LogP contribution in [0.15, 0.2) is 64.0 Å². The van der Waals surface area contributed by atoms with Gasteiger partial charge in [-0.25, -0.2) is 8.42 Å². The lowest BCUT2D eigenvalue weighted by Gasteiger charge is -2.29. The minimum absolute atomic E-state index is 0.0581.